The summed E-state index contributed by atoms with van der Waals surface area (Å²) in [7, 11) is 0. The molecule has 1 saturated carbocycles. The Morgan fingerprint density at radius 1 is 1.44 bits per heavy atom. The number of rotatable bonds is 8. The summed E-state index contributed by atoms with van der Waals surface area (Å²) in [5.74, 6) is 1.23. The van der Waals surface area contributed by atoms with Crippen molar-refractivity contribution in [1.29, 1.82) is 0 Å². The lowest BCUT2D eigenvalue weighted by molar-refractivity contribution is -0.112. The topological polar surface area (TPSA) is 93.3 Å². The average molecular weight is 382 g/mol. The van der Waals surface area contributed by atoms with Gasteiger partial charge in [0, 0.05) is 11.6 Å². The van der Waals surface area contributed by atoms with Crippen molar-refractivity contribution in [1.82, 2.24) is 9.97 Å². The molecule has 8 heteroatoms. The van der Waals surface area contributed by atoms with Gasteiger partial charge in [0.15, 0.2) is 5.82 Å². The minimum Gasteiger partial charge on any atom is -0.382 e. The molecule has 1 aromatic rings. The first-order chi connectivity index (χ1) is 12.0. The number of aromatic nitrogens is 2. The SMILES string of the molecule is C/C(CC1CC1)=N\C/C(C(=O)Nc1cnc(N)cn1)=C(Cl)\C=C/CCl. The van der Waals surface area contributed by atoms with Crippen LogP contribution < -0.4 is 11.1 Å². The number of hydrogen-bond acceptors (Lipinski definition) is 5. The number of allylic oxidation sites excluding steroid dienone is 3. The van der Waals surface area contributed by atoms with Crippen LogP contribution in [0.2, 0.25) is 0 Å². The number of aliphatic imine (C=N–C) groups is 1. The average Bonchev–Trinajstić information content (AvgIpc) is 3.39. The Hall–Kier alpha value is -1.92. The van der Waals surface area contributed by atoms with E-state index in [9.17, 15) is 4.79 Å². The fourth-order valence-corrected chi connectivity index (χ4v) is 2.44. The zero-order valence-corrected chi connectivity index (χ0v) is 15.5. The number of anilines is 2. The lowest BCUT2D eigenvalue weighted by Gasteiger charge is -2.09. The van der Waals surface area contributed by atoms with Gasteiger partial charge < -0.3 is 11.1 Å². The standard InChI is InChI=1S/C17H21Cl2N5O/c1-11(7-12-4-5-12)21-8-13(14(19)3-2-6-18)17(25)24-16-10-22-15(20)9-23-16/h2-3,9-10,12H,4-8H2,1H3,(H2,20,22)(H,23,24,25)/b3-2-,14-13-,21-11+. The molecule has 0 spiro atoms. The summed E-state index contributed by atoms with van der Waals surface area (Å²) in [6.45, 7) is 2.17. The van der Waals surface area contributed by atoms with Gasteiger partial charge in [-0.25, -0.2) is 9.97 Å². The van der Waals surface area contributed by atoms with Crippen LogP contribution in [0.15, 0.2) is 40.1 Å². The molecule has 0 unspecified atom stereocenters. The van der Waals surface area contributed by atoms with Gasteiger partial charge in [0.2, 0.25) is 0 Å². The second-order valence-corrected chi connectivity index (χ2v) is 6.58. The van der Waals surface area contributed by atoms with Crippen LogP contribution in [0.1, 0.15) is 26.2 Å². The first-order valence-electron chi connectivity index (χ1n) is 7.99. The maximum atomic E-state index is 12.6. The molecular weight excluding hydrogens is 361 g/mol. The smallest absolute Gasteiger partial charge is 0.256 e. The number of nitrogens with two attached hydrogens (primary N) is 1. The van der Waals surface area contributed by atoms with E-state index in [1.165, 1.54) is 25.2 Å². The van der Waals surface area contributed by atoms with E-state index in [1.807, 2.05) is 6.92 Å². The summed E-state index contributed by atoms with van der Waals surface area (Å²) < 4.78 is 0. The van der Waals surface area contributed by atoms with Crippen molar-refractivity contribution in [2.75, 3.05) is 23.5 Å². The summed E-state index contributed by atoms with van der Waals surface area (Å²) in [5.41, 5.74) is 6.85. The van der Waals surface area contributed by atoms with Gasteiger partial charge in [-0.3, -0.25) is 9.79 Å². The minimum atomic E-state index is -0.383. The highest BCUT2D eigenvalue weighted by atomic mass is 35.5. The van der Waals surface area contributed by atoms with Crippen molar-refractivity contribution in [2.24, 2.45) is 10.9 Å². The van der Waals surface area contributed by atoms with Crippen molar-refractivity contribution in [3.63, 3.8) is 0 Å². The third-order valence-electron chi connectivity index (χ3n) is 3.62. The number of nitrogens with zero attached hydrogens (tertiary/aromatic N) is 3. The number of hydrogen-bond donors (Lipinski definition) is 2. The van der Waals surface area contributed by atoms with Gasteiger partial charge in [-0.2, -0.15) is 0 Å². The quantitative estimate of drug-likeness (QED) is 0.311. The molecule has 3 N–H and O–H groups in total. The summed E-state index contributed by atoms with van der Waals surface area (Å²) in [6, 6.07) is 0. The molecular formula is C17H21Cl2N5O. The Morgan fingerprint density at radius 3 is 2.80 bits per heavy atom. The lowest BCUT2D eigenvalue weighted by atomic mass is 10.2. The highest BCUT2D eigenvalue weighted by Gasteiger charge is 2.22. The predicted octanol–water partition coefficient (Wildman–Crippen LogP) is 3.55. The Balaban J connectivity index is 2.13. The van der Waals surface area contributed by atoms with E-state index in [1.54, 1.807) is 12.2 Å². The molecule has 25 heavy (non-hydrogen) atoms. The fourth-order valence-electron chi connectivity index (χ4n) is 2.12. The van der Waals surface area contributed by atoms with Gasteiger partial charge in [0.1, 0.15) is 5.82 Å². The van der Waals surface area contributed by atoms with Crippen LogP contribution >= 0.6 is 23.2 Å². The molecule has 0 bridgehead atoms. The normalized spacial score (nSPS) is 16.0. The van der Waals surface area contributed by atoms with Gasteiger partial charge >= 0.3 is 0 Å². The van der Waals surface area contributed by atoms with Crippen molar-refractivity contribution in [2.45, 2.75) is 26.2 Å². The molecule has 1 aromatic heterocycles. The molecule has 1 amide bonds. The monoisotopic (exact) mass is 381 g/mol. The second kappa shape index (κ2) is 9.53. The lowest BCUT2D eigenvalue weighted by Crippen LogP contribution is -2.18. The van der Waals surface area contributed by atoms with Crippen LogP contribution in [0.25, 0.3) is 0 Å². The maximum absolute atomic E-state index is 12.6. The molecule has 1 heterocycles. The summed E-state index contributed by atoms with van der Waals surface area (Å²) in [4.78, 5) is 25.0. The molecule has 0 radical (unpaired) electrons. The first kappa shape index (κ1) is 19.4. The van der Waals surface area contributed by atoms with Gasteiger partial charge in [-0.05, 0) is 38.2 Å². The first-order valence-corrected chi connectivity index (χ1v) is 8.90. The number of carbonyl (C=O) groups excluding carboxylic acids is 1. The van der Waals surface area contributed by atoms with E-state index in [0.29, 0.717) is 22.3 Å². The molecule has 1 fully saturated rings. The Bertz CT molecular complexity index is 693. The van der Waals surface area contributed by atoms with E-state index in [0.717, 1.165) is 18.1 Å². The molecule has 0 aliphatic heterocycles. The number of nitrogen functional groups attached to an aromatic ring is 1. The Labute approximate surface area is 157 Å². The third-order valence-corrected chi connectivity index (χ3v) is 4.15. The van der Waals surface area contributed by atoms with Crippen molar-refractivity contribution < 1.29 is 4.79 Å². The number of carbonyl (C=O) groups is 1. The van der Waals surface area contributed by atoms with Crippen molar-refractivity contribution in [3.8, 4) is 0 Å². The maximum Gasteiger partial charge on any atom is 0.256 e. The van der Waals surface area contributed by atoms with Crippen molar-refractivity contribution in [3.05, 3.63) is 35.2 Å². The molecule has 2 rings (SSSR count). The predicted molar refractivity (Wildman–Crippen MR) is 103 cm³/mol. The number of amides is 1. The number of alkyl halides is 1. The van der Waals surface area contributed by atoms with E-state index >= 15 is 0 Å². The molecule has 6 nitrogen and oxygen atoms in total. The zero-order valence-electron chi connectivity index (χ0n) is 14.0. The van der Waals surface area contributed by atoms with Crippen LogP contribution in [0, 0.1) is 5.92 Å². The highest BCUT2D eigenvalue weighted by molar-refractivity contribution is 6.34. The van der Waals surface area contributed by atoms with Gasteiger partial charge in [0.05, 0.1) is 29.5 Å². The van der Waals surface area contributed by atoms with Crippen LogP contribution in [-0.2, 0) is 4.79 Å². The van der Waals surface area contributed by atoms with Gasteiger partial charge in [0.25, 0.3) is 5.91 Å². The molecule has 134 valence electrons. The molecule has 1 aliphatic carbocycles. The van der Waals surface area contributed by atoms with Gasteiger partial charge in [-0.1, -0.05) is 17.7 Å². The minimum absolute atomic E-state index is 0.193. The molecule has 0 atom stereocenters. The van der Waals surface area contributed by atoms with Gasteiger partial charge in [-0.15, -0.1) is 11.6 Å². The van der Waals surface area contributed by atoms with E-state index < -0.39 is 0 Å². The zero-order chi connectivity index (χ0) is 18.2. The van der Waals surface area contributed by atoms with Crippen LogP contribution in [0.4, 0.5) is 11.6 Å². The second-order valence-electron chi connectivity index (χ2n) is 5.86. The summed E-state index contributed by atoms with van der Waals surface area (Å²) in [5, 5.41) is 2.95. The van der Waals surface area contributed by atoms with Crippen LogP contribution in [-0.4, -0.2) is 34.0 Å². The molecule has 0 aromatic carbocycles. The highest BCUT2D eigenvalue weighted by Crippen LogP contribution is 2.32. The third kappa shape index (κ3) is 6.84. The van der Waals surface area contributed by atoms with E-state index in [-0.39, 0.29) is 18.3 Å². The number of nitrogens with one attached hydrogen (secondary N) is 1. The summed E-state index contributed by atoms with van der Waals surface area (Å²) in [6.07, 6.45) is 9.50. The van der Waals surface area contributed by atoms with Crippen LogP contribution in [0.3, 0.4) is 0 Å². The van der Waals surface area contributed by atoms with Crippen LogP contribution in [0.5, 0.6) is 0 Å². The van der Waals surface area contributed by atoms with E-state index in [2.05, 4.69) is 20.3 Å². The van der Waals surface area contributed by atoms with E-state index in [4.69, 9.17) is 28.9 Å². The van der Waals surface area contributed by atoms with Crippen molar-refractivity contribution >= 4 is 46.5 Å². The fraction of sp³-hybridized carbons (Fsp3) is 0.412. The molecule has 1 aliphatic rings. The number of halogens is 2. The molecule has 0 saturated heterocycles. The summed E-state index contributed by atoms with van der Waals surface area (Å²) >= 11 is 11.9. The Morgan fingerprint density at radius 2 is 2.20 bits per heavy atom. The Kier molecular flexibility index (Phi) is 7.40. The largest absolute Gasteiger partial charge is 0.382 e.